The van der Waals surface area contributed by atoms with Crippen molar-refractivity contribution in [2.75, 3.05) is 0 Å². The molecule has 0 fully saturated rings. The number of hydrogen-bond acceptors (Lipinski definition) is 3. The summed E-state index contributed by atoms with van der Waals surface area (Å²) in [5.74, 6) is 5.29. The Morgan fingerprint density at radius 3 is 1.74 bits per heavy atom. The molecule has 0 saturated heterocycles. The molecule has 3 nitrogen and oxygen atoms in total. The van der Waals surface area contributed by atoms with Crippen molar-refractivity contribution in [1.82, 2.24) is 0 Å². The summed E-state index contributed by atoms with van der Waals surface area (Å²) < 4.78 is 18.5. The molecule has 108 valence electrons. The predicted molar refractivity (Wildman–Crippen MR) is 88.9 cm³/mol. The summed E-state index contributed by atoms with van der Waals surface area (Å²) in [6.45, 7) is 2.19. The number of benzene rings is 3. The molecule has 23 heavy (non-hydrogen) atoms. The Balaban J connectivity index is 1.80. The van der Waals surface area contributed by atoms with E-state index in [4.69, 9.17) is 14.2 Å². The van der Waals surface area contributed by atoms with Gasteiger partial charge in [0.05, 0.1) is 0 Å². The summed E-state index contributed by atoms with van der Waals surface area (Å²) in [5, 5.41) is 0. The van der Waals surface area contributed by atoms with Crippen molar-refractivity contribution in [2.24, 2.45) is 0 Å². The van der Waals surface area contributed by atoms with Crippen molar-refractivity contribution in [1.29, 1.82) is 0 Å². The Morgan fingerprint density at radius 1 is 0.609 bits per heavy atom. The van der Waals surface area contributed by atoms with E-state index in [1.165, 1.54) is 0 Å². The summed E-state index contributed by atoms with van der Waals surface area (Å²) in [6.07, 6.45) is 0. The van der Waals surface area contributed by atoms with E-state index in [0.29, 0.717) is 0 Å². The second-order valence-electron chi connectivity index (χ2n) is 6.20. The lowest BCUT2D eigenvalue weighted by Crippen LogP contribution is -2.59. The van der Waals surface area contributed by atoms with Crippen LogP contribution >= 0.6 is 0 Å². The SMILES string of the molecule is Cc1ccc2c3c1Oc1cccc4c1B3c1c(cccc1O2)O4. The van der Waals surface area contributed by atoms with Gasteiger partial charge in [-0.3, -0.25) is 0 Å². The third-order valence-electron chi connectivity index (χ3n) is 4.92. The fourth-order valence-corrected chi connectivity index (χ4v) is 3.94. The van der Waals surface area contributed by atoms with Crippen molar-refractivity contribution in [3.63, 3.8) is 0 Å². The zero-order valence-corrected chi connectivity index (χ0v) is 12.4. The first-order chi connectivity index (χ1) is 11.3. The van der Waals surface area contributed by atoms with E-state index in [-0.39, 0.29) is 6.71 Å². The first kappa shape index (κ1) is 11.7. The highest BCUT2D eigenvalue weighted by Gasteiger charge is 2.46. The van der Waals surface area contributed by atoms with Crippen LogP contribution in [0.5, 0.6) is 34.5 Å². The van der Waals surface area contributed by atoms with E-state index in [9.17, 15) is 0 Å². The fraction of sp³-hybridized carbons (Fsp3) is 0.0526. The van der Waals surface area contributed by atoms with Gasteiger partial charge in [-0.1, -0.05) is 18.2 Å². The van der Waals surface area contributed by atoms with Crippen molar-refractivity contribution in [3.8, 4) is 34.5 Å². The van der Waals surface area contributed by atoms with E-state index in [0.717, 1.165) is 56.4 Å². The smallest absolute Gasteiger partial charge is 0.270 e. The molecule has 0 saturated carbocycles. The van der Waals surface area contributed by atoms with Gasteiger partial charge in [-0.2, -0.15) is 0 Å². The molecule has 0 unspecified atom stereocenters. The van der Waals surface area contributed by atoms with Crippen molar-refractivity contribution < 1.29 is 14.2 Å². The Bertz CT molecular complexity index is 991. The van der Waals surface area contributed by atoms with Crippen molar-refractivity contribution >= 4 is 23.1 Å². The summed E-state index contributed by atoms with van der Waals surface area (Å²) in [6, 6.07) is 16.1. The van der Waals surface area contributed by atoms with Crippen molar-refractivity contribution in [2.45, 2.75) is 6.92 Å². The van der Waals surface area contributed by atoms with Gasteiger partial charge in [0.25, 0.3) is 6.71 Å². The van der Waals surface area contributed by atoms with Gasteiger partial charge in [-0.15, -0.1) is 0 Å². The number of hydrogen-bond donors (Lipinski definition) is 0. The maximum Gasteiger partial charge on any atom is 0.270 e. The van der Waals surface area contributed by atoms with Gasteiger partial charge in [0.2, 0.25) is 0 Å². The van der Waals surface area contributed by atoms with E-state index < -0.39 is 0 Å². The minimum atomic E-state index is 0.119. The van der Waals surface area contributed by atoms with Crippen LogP contribution < -0.4 is 30.6 Å². The Labute approximate surface area is 133 Å². The van der Waals surface area contributed by atoms with Crippen LogP contribution in [0, 0.1) is 6.92 Å². The molecule has 0 atom stereocenters. The molecule has 0 amide bonds. The fourth-order valence-electron chi connectivity index (χ4n) is 3.94. The molecule has 3 heterocycles. The molecular weight excluding hydrogens is 287 g/mol. The second-order valence-corrected chi connectivity index (χ2v) is 6.20. The monoisotopic (exact) mass is 298 g/mol. The zero-order valence-electron chi connectivity index (χ0n) is 12.4. The lowest BCUT2D eigenvalue weighted by atomic mass is 9.34. The molecule has 0 bridgehead atoms. The van der Waals surface area contributed by atoms with Gasteiger partial charge in [0, 0.05) is 16.4 Å². The molecule has 4 heteroatoms. The number of ether oxygens (including phenoxy) is 3. The number of rotatable bonds is 0. The maximum atomic E-state index is 6.22. The molecule has 3 aromatic rings. The lowest BCUT2D eigenvalue weighted by Gasteiger charge is -2.37. The summed E-state index contributed by atoms with van der Waals surface area (Å²) >= 11 is 0. The van der Waals surface area contributed by atoms with Crippen LogP contribution in [0.25, 0.3) is 0 Å². The van der Waals surface area contributed by atoms with Gasteiger partial charge in [-0.05, 0) is 42.8 Å². The Hall–Kier alpha value is -2.88. The van der Waals surface area contributed by atoms with E-state index in [2.05, 4.69) is 13.0 Å². The average Bonchev–Trinajstić information content (AvgIpc) is 2.58. The first-order valence-electron chi connectivity index (χ1n) is 7.74. The predicted octanol–water partition coefficient (Wildman–Crippen LogP) is 2.83. The highest BCUT2D eigenvalue weighted by molar-refractivity contribution is 6.99. The highest BCUT2D eigenvalue weighted by Crippen LogP contribution is 2.42. The highest BCUT2D eigenvalue weighted by atomic mass is 16.5. The third-order valence-corrected chi connectivity index (χ3v) is 4.92. The van der Waals surface area contributed by atoms with E-state index in [1.54, 1.807) is 0 Å². The van der Waals surface area contributed by atoms with Gasteiger partial charge in [-0.25, -0.2) is 0 Å². The Kier molecular flexibility index (Phi) is 1.88. The molecule has 0 aromatic heterocycles. The molecule has 3 aliphatic heterocycles. The van der Waals surface area contributed by atoms with E-state index >= 15 is 0 Å². The average molecular weight is 298 g/mol. The van der Waals surface area contributed by atoms with Crippen LogP contribution in [0.2, 0.25) is 0 Å². The third kappa shape index (κ3) is 1.28. The molecule has 0 aliphatic carbocycles. The van der Waals surface area contributed by atoms with Crippen LogP contribution in [0.3, 0.4) is 0 Å². The first-order valence-corrected chi connectivity index (χ1v) is 7.74. The normalized spacial score (nSPS) is 14.4. The lowest BCUT2D eigenvalue weighted by molar-refractivity contribution is 0.441. The quantitative estimate of drug-likeness (QED) is 0.404. The zero-order chi connectivity index (χ0) is 15.1. The van der Waals surface area contributed by atoms with Gasteiger partial charge < -0.3 is 14.2 Å². The van der Waals surface area contributed by atoms with Crippen LogP contribution in [0.1, 0.15) is 5.56 Å². The topological polar surface area (TPSA) is 27.7 Å². The Morgan fingerprint density at radius 2 is 1.13 bits per heavy atom. The minimum absolute atomic E-state index is 0.119. The van der Waals surface area contributed by atoms with Crippen LogP contribution in [0.4, 0.5) is 0 Å². The van der Waals surface area contributed by atoms with Crippen LogP contribution in [-0.2, 0) is 0 Å². The minimum Gasteiger partial charge on any atom is -0.458 e. The molecule has 0 spiro atoms. The van der Waals surface area contributed by atoms with Gasteiger partial charge in [0.15, 0.2) is 0 Å². The van der Waals surface area contributed by atoms with Crippen LogP contribution in [-0.4, -0.2) is 6.71 Å². The molecule has 0 N–H and O–H groups in total. The van der Waals surface area contributed by atoms with E-state index in [1.807, 2.05) is 42.5 Å². The van der Waals surface area contributed by atoms with Gasteiger partial charge >= 0.3 is 0 Å². The van der Waals surface area contributed by atoms with Crippen LogP contribution in [0.15, 0.2) is 48.5 Å². The largest absolute Gasteiger partial charge is 0.458 e. The summed E-state index contributed by atoms with van der Waals surface area (Å²) in [4.78, 5) is 0. The standard InChI is InChI=1S/C19H11BO3/c1-10-8-9-15-18-19(10)23-14-7-3-6-13-17(14)20(18)16-11(21-13)4-2-5-12(16)22-15/h2-9H,1H3. The molecular formula is C19H11BO3. The summed E-state index contributed by atoms with van der Waals surface area (Å²) in [7, 11) is 0. The summed E-state index contributed by atoms with van der Waals surface area (Å²) in [5.41, 5.74) is 4.45. The molecule has 3 aliphatic rings. The second kappa shape index (κ2) is 3.71. The maximum absolute atomic E-state index is 6.22. The number of aryl methyl sites for hydroxylation is 1. The van der Waals surface area contributed by atoms with Crippen molar-refractivity contribution in [3.05, 3.63) is 54.1 Å². The molecule has 3 aromatic carbocycles. The van der Waals surface area contributed by atoms with Gasteiger partial charge in [0.1, 0.15) is 34.5 Å². The molecule has 0 radical (unpaired) electrons. The molecule has 6 rings (SSSR count).